The van der Waals surface area contributed by atoms with Gasteiger partial charge in [0.05, 0.1) is 0 Å². The minimum Gasteiger partial charge on any atom is -0.305 e. The molecular formula is C10H12N2. The van der Waals surface area contributed by atoms with E-state index in [0.29, 0.717) is 5.92 Å². The van der Waals surface area contributed by atoms with Crippen molar-refractivity contribution in [3.8, 4) is 0 Å². The van der Waals surface area contributed by atoms with Crippen molar-refractivity contribution in [2.45, 2.75) is 19.8 Å². The normalized spacial score (nSPS) is 11.2. The third-order valence-electron chi connectivity index (χ3n) is 2.00. The van der Waals surface area contributed by atoms with Crippen molar-refractivity contribution in [3.63, 3.8) is 0 Å². The van der Waals surface area contributed by atoms with Crippen LogP contribution in [0.2, 0.25) is 0 Å². The van der Waals surface area contributed by atoms with E-state index in [1.807, 2.05) is 18.3 Å². The van der Waals surface area contributed by atoms with E-state index in [-0.39, 0.29) is 0 Å². The first-order valence-corrected chi connectivity index (χ1v) is 4.21. The molecule has 0 spiro atoms. The van der Waals surface area contributed by atoms with Crippen LogP contribution >= 0.6 is 0 Å². The fraction of sp³-hybridized carbons (Fsp3) is 0.300. The van der Waals surface area contributed by atoms with E-state index >= 15 is 0 Å². The molecule has 0 unspecified atom stereocenters. The molecule has 0 fully saturated rings. The van der Waals surface area contributed by atoms with Crippen molar-refractivity contribution in [2.75, 3.05) is 0 Å². The van der Waals surface area contributed by atoms with Gasteiger partial charge in [-0.25, -0.2) is 4.98 Å². The fourth-order valence-electron chi connectivity index (χ4n) is 1.42. The molecule has 2 heterocycles. The molecule has 2 aromatic rings. The SMILES string of the molecule is CC(C)c1nccc2cccn12. The maximum Gasteiger partial charge on any atom is 0.115 e. The summed E-state index contributed by atoms with van der Waals surface area (Å²) in [5, 5.41) is 0. The minimum atomic E-state index is 0.473. The second kappa shape index (κ2) is 2.63. The largest absolute Gasteiger partial charge is 0.305 e. The van der Waals surface area contributed by atoms with Crippen molar-refractivity contribution in [1.29, 1.82) is 0 Å². The van der Waals surface area contributed by atoms with E-state index in [4.69, 9.17) is 0 Å². The lowest BCUT2D eigenvalue weighted by molar-refractivity contribution is 0.754. The lowest BCUT2D eigenvalue weighted by Gasteiger charge is -2.06. The molecule has 0 saturated carbocycles. The van der Waals surface area contributed by atoms with Gasteiger partial charge in [-0.1, -0.05) is 13.8 Å². The summed E-state index contributed by atoms with van der Waals surface area (Å²) in [6, 6.07) is 6.16. The van der Waals surface area contributed by atoms with Crippen LogP contribution in [-0.4, -0.2) is 9.38 Å². The summed E-state index contributed by atoms with van der Waals surface area (Å²) < 4.78 is 2.13. The number of aromatic nitrogens is 2. The Labute approximate surface area is 71.9 Å². The zero-order valence-corrected chi connectivity index (χ0v) is 7.36. The first-order valence-electron chi connectivity index (χ1n) is 4.21. The number of nitrogens with zero attached hydrogens (tertiary/aromatic N) is 2. The summed E-state index contributed by atoms with van der Waals surface area (Å²) >= 11 is 0. The van der Waals surface area contributed by atoms with E-state index in [1.54, 1.807) is 0 Å². The van der Waals surface area contributed by atoms with Gasteiger partial charge in [0.2, 0.25) is 0 Å². The first-order chi connectivity index (χ1) is 5.79. The van der Waals surface area contributed by atoms with Crippen molar-refractivity contribution in [3.05, 3.63) is 36.4 Å². The van der Waals surface area contributed by atoms with Gasteiger partial charge in [-0.2, -0.15) is 0 Å². The van der Waals surface area contributed by atoms with Gasteiger partial charge in [0.25, 0.3) is 0 Å². The molecule has 2 heteroatoms. The molecule has 62 valence electrons. The third kappa shape index (κ3) is 0.998. The van der Waals surface area contributed by atoms with Crippen molar-refractivity contribution >= 4 is 5.52 Å². The molecule has 0 radical (unpaired) electrons. The Bertz CT molecular complexity index is 387. The Kier molecular flexibility index (Phi) is 1.61. The Hall–Kier alpha value is -1.31. The van der Waals surface area contributed by atoms with Gasteiger partial charge in [0.1, 0.15) is 5.82 Å². The Balaban J connectivity index is 2.73. The number of hydrogen-bond acceptors (Lipinski definition) is 1. The Morgan fingerprint density at radius 2 is 2.17 bits per heavy atom. The molecule has 2 aromatic heterocycles. The second-order valence-electron chi connectivity index (χ2n) is 3.26. The van der Waals surface area contributed by atoms with Crippen LogP contribution in [0.25, 0.3) is 5.52 Å². The van der Waals surface area contributed by atoms with Gasteiger partial charge in [0, 0.05) is 23.8 Å². The van der Waals surface area contributed by atoms with Crippen molar-refractivity contribution in [2.24, 2.45) is 0 Å². The highest BCUT2D eigenvalue weighted by Gasteiger charge is 2.03. The lowest BCUT2D eigenvalue weighted by Crippen LogP contribution is -2.00. The molecule has 0 bridgehead atoms. The predicted octanol–water partition coefficient (Wildman–Crippen LogP) is 2.46. The van der Waals surface area contributed by atoms with E-state index in [9.17, 15) is 0 Å². The molecule has 0 aliphatic carbocycles. The summed E-state index contributed by atoms with van der Waals surface area (Å²) in [7, 11) is 0. The van der Waals surface area contributed by atoms with Gasteiger partial charge in [0.15, 0.2) is 0 Å². The first kappa shape index (κ1) is 7.35. The Morgan fingerprint density at radius 3 is 2.92 bits per heavy atom. The molecule has 2 rings (SSSR count). The molecule has 0 aromatic carbocycles. The van der Waals surface area contributed by atoms with Crippen molar-refractivity contribution in [1.82, 2.24) is 9.38 Å². The highest BCUT2D eigenvalue weighted by Crippen LogP contribution is 2.13. The molecule has 0 atom stereocenters. The van der Waals surface area contributed by atoms with E-state index < -0.39 is 0 Å². The summed E-state index contributed by atoms with van der Waals surface area (Å²) in [6.07, 6.45) is 3.92. The molecule has 2 nitrogen and oxygen atoms in total. The topological polar surface area (TPSA) is 17.3 Å². The maximum absolute atomic E-state index is 4.34. The summed E-state index contributed by atoms with van der Waals surface area (Å²) in [5.41, 5.74) is 1.22. The third-order valence-corrected chi connectivity index (χ3v) is 2.00. The van der Waals surface area contributed by atoms with Gasteiger partial charge in [-0.3, -0.25) is 0 Å². The van der Waals surface area contributed by atoms with Crippen LogP contribution in [0, 0.1) is 0 Å². The summed E-state index contributed by atoms with van der Waals surface area (Å²) in [6.45, 7) is 4.31. The zero-order valence-electron chi connectivity index (χ0n) is 7.36. The molecule has 12 heavy (non-hydrogen) atoms. The van der Waals surface area contributed by atoms with Crippen LogP contribution < -0.4 is 0 Å². The van der Waals surface area contributed by atoms with Crippen LogP contribution in [-0.2, 0) is 0 Å². The Morgan fingerprint density at radius 1 is 1.33 bits per heavy atom. The van der Waals surface area contributed by atoms with Crippen LogP contribution in [0.1, 0.15) is 25.6 Å². The molecule has 0 aliphatic heterocycles. The van der Waals surface area contributed by atoms with E-state index in [0.717, 1.165) is 5.82 Å². The highest BCUT2D eigenvalue weighted by atomic mass is 15.0. The van der Waals surface area contributed by atoms with Gasteiger partial charge in [-0.15, -0.1) is 0 Å². The quantitative estimate of drug-likeness (QED) is 0.626. The number of fused-ring (bicyclic) bond motifs is 1. The van der Waals surface area contributed by atoms with Gasteiger partial charge < -0.3 is 4.40 Å². The maximum atomic E-state index is 4.34. The molecule has 0 aliphatic rings. The standard InChI is InChI=1S/C10H12N2/c1-8(2)10-11-6-5-9-4-3-7-12(9)10/h3-8H,1-2H3. The van der Waals surface area contributed by atoms with E-state index in [2.05, 4.69) is 35.5 Å². The van der Waals surface area contributed by atoms with Crippen LogP contribution in [0.4, 0.5) is 0 Å². The van der Waals surface area contributed by atoms with Crippen LogP contribution in [0.3, 0.4) is 0 Å². The smallest absolute Gasteiger partial charge is 0.115 e. The minimum absolute atomic E-state index is 0.473. The molecule has 0 N–H and O–H groups in total. The van der Waals surface area contributed by atoms with Gasteiger partial charge >= 0.3 is 0 Å². The lowest BCUT2D eigenvalue weighted by atomic mass is 10.2. The zero-order chi connectivity index (χ0) is 8.55. The van der Waals surface area contributed by atoms with Crippen LogP contribution in [0.15, 0.2) is 30.6 Å². The number of rotatable bonds is 1. The predicted molar refractivity (Wildman–Crippen MR) is 49.3 cm³/mol. The molecule has 0 saturated heterocycles. The van der Waals surface area contributed by atoms with Crippen LogP contribution in [0.5, 0.6) is 0 Å². The fourth-order valence-corrected chi connectivity index (χ4v) is 1.42. The summed E-state index contributed by atoms with van der Waals surface area (Å²) in [4.78, 5) is 4.34. The average Bonchev–Trinajstić information content (AvgIpc) is 2.49. The highest BCUT2D eigenvalue weighted by molar-refractivity contribution is 5.47. The summed E-state index contributed by atoms with van der Waals surface area (Å²) in [5.74, 6) is 1.60. The molecule has 0 amide bonds. The number of hydrogen-bond donors (Lipinski definition) is 0. The van der Waals surface area contributed by atoms with E-state index in [1.165, 1.54) is 5.52 Å². The van der Waals surface area contributed by atoms with Gasteiger partial charge in [-0.05, 0) is 18.2 Å². The molecular weight excluding hydrogens is 148 g/mol. The second-order valence-corrected chi connectivity index (χ2v) is 3.26. The van der Waals surface area contributed by atoms with Crippen molar-refractivity contribution < 1.29 is 0 Å². The monoisotopic (exact) mass is 160 g/mol. The average molecular weight is 160 g/mol.